The number of allylic oxidation sites excluding steroid dienone is 2. The van der Waals surface area contributed by atoms with Gasteiger partial charge in [0, 0.05) is 6.42 Å². The van der Waals surface area contributed by atoms with Crippen LogP contribution in [0.1, 0.15) is 258 Å². The molecule has 0 aromatic heterocycles. The zero-order chi connectivity index (χ0) is 39.6. The molecule has 0 saturated carbocycles. The molecule has 0 saturated heterocycles. The monoisotopic (exact) mass is 764 g/mol. The van der Waals surface area contributed by atoms with Crippen LogP contribution in [-0.4, -0.2) is 46.9 Å². The average Bonchev–Trinajstić information content (AvgIpc) is 3.16. The summed E-state index contributed by atoms with van der Waals surface area (Å²) in [6.07, 6.45) is 45.5. The van der Waals surface area contributed by atoms with Gasteiger partial charge in [-0.2, -0.15) is 0 Å². The van der Waals surface area contributed by atoms with Crippen molar-refractivity contribution in [2.75, 3.05) is 6.61 Å². The third-order valence-corrected chi connectivity index (χ3v) is 11.1. The number of aliphatic hydroxyl groups excluding tert-OH is 2. The lowest BCUT2D eigenvalue weighted by Gasteiger charge is -2.24. The number of aliphatic hydroxyl groups is 2. The molecule has 6 heteroatoms. The van der Waals surface area contributed by atoms with Crippen molar-refractivity contribution in [2.45, 2.75) is 277 Å². The average molecular weight is 764 g/mol. The summed E-state index contributed by atoms with van der Waals surface area (Å²) in [6, 6.07) is -0.696. The van der Waals surface area contributed by atoms with Gasteiger partial charge in [0.25, 0.3) is 0 Å². The quantitative estimate of drug-likeness (QED) is 0.0326. The largest absolute Gasteiger partial charge is 0.462 e. The molecule has 0 spiro atoms. The number of rotatable bonds is 43. The molecule has 0 aliphatic rings. The van der Waals surface area contributed by atoms with Crippen LogP contribution in [0.5, 0.6) is 0 Å². The Morgan fingerprint density at radius 1 is 0.519 bits per heavy atom. The molecule has 3 N–H and O–H groups in total. The normalized spacial score (nSPS) is 13.4. The summed E-state index contributed by atoms with van der Waals surface area (Å²) in [6.45, 7) is 6.47. The van der Waals surface area contributed by atoms with Crippen LogP contribution in [-0.2, 0) is 14.3 Å². The third-order valence-electron chi connectivity index (χ3n) is 11.1. The topological polar surface area (TPSA) is 95.9 Å². The van der Waals surface area contributed by atoms with Crippen LogP contribution >= 0.6 is 0 Å². The molecule has 54 heavy (non-hydrogen) atoms. The predicted molar refractivity (Wildman–Crippen MR) is 232 cm³/mol. The van der Waals surface area contributed by atoms with Crippen LogP contribution < -0.4 is 5.32 Å². The predicted octanol–water partition coefficient (Wildman–Crippen LogP) is 13.8. The molecule has 0 rings (SSSR count). The van der Waals surface area contributed by atoms with Gasteiger partial charge in [0.2, 0.25) is 5.91 Å². The van der Waals surface area contributed by atoms with E-state index in [1.54, 1.807) is 0 Å². The minimum absolute atomic E-state index is 0.0779. The van der Waals surface area contributed by atoms with Crippen molar-refractivity contribution in [3.8, 4) is 0 Å². The molecule has 320 valence electrons. The van der Waals surface area contributed by atoms with Gasteiger partial charge in [0.1, 0.15) is 6.10 Å². The molecular formula is C48H93NO5. The summed E-state index contributed by atoms with van der Waals surface area (Å²) in [5.74, 6) is -0.481. The first-order valence-electron chi connectivity index (χ1n) is 23.9. The van der Waals surface area contributed by atoms with E-state index in [1.165, 1.54) is 161 Å². The van der Waals surface area contributed by atoms with Crippen molar-refractivity contribution < 1.29 is 24.5 Å². The first-order valence-corrected chi connectivity index (χ1v) is 23.9. The van der Waals surface area contributed by atoms with Gasteiger partial charge in [-0.05, 0) is 51.4 Å². The Kier molecular flexibility index (Phi) is 41.6. The summed E-state index contributed by atoms with van der Waals surface area (Å²) in [5.41, 5.74) is 0. The molecule has 3 unspecified atom stereocenters. The Morgan fingerprint density at radius 2 is 0.889 bits per heavy atom. The maximum absolute atomic E-state index is 13.1. The molecule has 0 aromatic rings. The van der Waals surface area contributed by atoms with Gasteiger partial charge in [0.15, 0.2) is 0 Å². The van der Waals surface area contributed by atoms with E-state index in [-0.39, 0.29) is 24.9 Å². The maximum atomic E-state index is 13.1. The van der Waals surface area contributed by atoms with E-state index in [0.717, 1.165) is 51.4 Å². The molecule has 0 aliphatic carbocycles. The van der Waals surface area contributed by atoms with Crippen LogP contribution in [0.2, 0.25) is 0 Å². The van der Waals surface area contributed by atoms with Crippen LogP contribution in [0.25, 0.3) is 0 Å². The Bertz CT molecular complexity index is 817. The Hall–Kier alpha value is -1.40. The van der Waals surface area contributed by atoms with Gasteiger partial charge in [-0.1, -0.05) is 206 Å². The van der Waals surface area contributed by atoms with Gasteiger partial charge in [-0.3, -0.25) is 9.59 Å². The fourth-order valence-corrected chi connectivity index (χ4v) is 7.43. The van der Waals surface area contributed by atoms with Crippen molar-refractivity contribution in [3.63, 3.8) is 0 Å². The van der Waals surface area contributed by atoms with Gasteiger partial charge >= 0.3 is 5.97 Å². The summed E-state index contributed by atoms with van der Waals surface area (Å²) in [7, 11) is 0. The second-order valence-electron chi connectivity index (χ2n) is 16.5. The maximum Gasteiger partial charge on any atom is 0.306 e. The first kappa shape index (κ1) is 52.6. The molecule has 1 amide bonds. The van der Waals surface area contributed by atoms with Crippen molar-refractivity contribution in [3.05, 3.63) is 12.2 Å². The lowest BCUT2D eigenvalue weighted by molar-refractivity contribution is -0.151. The van der Waals surface area contributed by atoms with Crippen LogP contribution in [0, 0.1) is 0 Å². The fourth-order valence-electron chi connectivity index (χ4n) is 7.43. The minimum atomic E-state index is -0.782. The van der Waals surface area contributed by atoms with Crippen LogP contribution in [0.15, 0.2) is 12.2 Å². The van der Waals surface area contributed by atoms with Crippen LogP contribution in [0.3, 0.4) is 0 Å². The zero-order valence-corrected chi connectivity index (χ0v) is 36.4. The number of hydrogen-bond acceptors (Lipinski definition) is 5. The van der Waals surface area contributed by atoms with Crippen LogP contribution in [0.4, 0.5) is 0 Å². The summed E-state index contributed by atoms with van der Waals surface area (Å²) >= 11 is 0. The molecule has 0 radical (unpaired) electrons. The molecule has 0 bridgehead atoms. The number of carbonyl (C=O) groups is 2. The standard InChI is InChI=1S/C48H93NO5/c1-4-7-10-13-16-19-22-23-26-29-32-35-38-41-48(53)54-44(39-36-33-30-27-24-20-17-14-11-8-5-2)42-47(52)49-45(43-50)46(51)40-37-34-31-28-25-21-18-15-12-9-6-3/h23,26,44-46,50-51H,4-22,24-25,27-43H2,1-3H3,(H,49,52)/b26-23-. The summed E-state index contributed by atoms with van der Waals surface area (Å²) in [5, 5.41) is 23.6. The summed E-state index contributed by atoms with van der Waals surface area (Å²) < 4.78 is 5.90. The number of unbranched alkanes of at least 4 members (excludes halogenated alkanes) is 29. The second-order valence-corrected chi connectivity index (χ2v) is 16.5. The zero-order valence-electron chi connectivity index (χ0n) is 36.4. The number of ether oxygens (including phenoxy) is 1. The number of amides is 1. The second kappa shape index (κ2) is 42.7. The third kappa shape index (κ3) is 37.5. The van der Waals surface area contributed by atoms with Gasteiger partial charge in [-0.25, -0.2) is 0 Å². The van der Waals surface area contributed by atoms with Gasteiger partial charge in [-0.15, -0.1) is 0 Å². The van der Waals surface area contributed by atoms with E-state index >= 15 is 0 Å². The highest BCUT2D eigenvalue weighted by molar-refractivity contribution is 5.77. The molecule has 3 atom stereocenters. The Balaban J connectivity index is 4.56. The first-order chi connectivity index (χ1) is 26.5. The van der Waals surface area contributed by atoms with Crippen molar-refractivity contribution in [1.29, 1.82) is 0 Å². The van der Waals surface area contributed by atoms with Crippen molar-refractivity contribution in [2.24, 2.45) is 0 Å². The van der Waals surface area contributed by atoms with E-state index in [9.17, 15) is 19.8 Å². The lowest BCUT2D eigenvalue weighted by Crippen LogP contribution is -2.46. The van der Waals surface area contributed by atoms with Gasteiger partial charge < -0.3 is 20.3 Å². The highest BCUT2D eigenvalue weighted by atomic mass is 16.5. The fraction of sp³-hybridized carbons (Fsp3) is 0.917. The molecule has 0 aromatic carbocycles. The molecular weight excluding hydrogens is 671 g/mol. The van der Waals surface area contributed by atoms with Crippen molar-refractivity contribution in [1.82, 2.24) is 5.32 Å². The van der Waals surface area contributed by atoms with Crippen molar-refractivity contribution >= 4 is 11.9 Å². The highest BCUT2D eigenvalue weighted by Crippen LogP contribution is 2.18. The molecule has 0 aliphatic heterocycles. The molecule has 0 fully saturated rings. The smallest absolute Gasteiger partial charge is 0.306 e. The minimum Gasteiger partial charge on any atom is -0.462 e. The van der Waals surface area contributed by atoms with E-state index in [4.69, 9.17) is 4.74 Å². The summed E-state index contributed by atoms with van der Waals surface area (Å²) in [4.78, 5) is 26.0. The molecule has 6 nitrogen and oxygen atoms in total. The SMILES string of the molecule is CCCCCCCC/C=C\CCCCCC(=O)OC(CCCCCCCCCCCCC)CC(=O)NC(CO)C(O)CCCCCCCCCCCCC. The van der Waals surface area contributed by atoms with E-state index in [2.05, 4.69) is 38.2 Å². The van der Waals surface area contributed by atoms with E-state index in [0.29, 0.717) is 19.3 Å². The number of esters is 1. The van der Waals surface area contributed by atoms with E-state index in [1.807, 2.05) is 0 Å². The lowest BCUT2D eigenvalue weighted by atomic mass is 10.0. The number of carbonyl (C=O) groups excluding carboxylic acids is 2. The Labute approximate surface area is 336 Å². The molecule has 0 heterocycles. The van der Waals surface area contributed by atoms with Gasteiger partial charge in [0.05, 0.1) is 25.2 Å². The number of hydrogen-bond donors (Lipinski definition) is 3. The Morgan fingerprint density at radius 3 is 1.31 bits per heavy atom. The number of nitrogens with one attached hydrogen (secondary N) is 1. The van der Waals surface area contributed by atoms with E-state index < -0.39 is 18.2 Å². The highest BCUT2D eigenvalue weighted by Gasteiger charge is 2.24.